The predicted octanol–water partition coefficient (Wildman–Crippen LogP) is 2.65. The molecule has 1 fully saturated rings. The average Bonchev–Trinajstić information content (AvgIpc) is 3.20. The van der Waals surface area contributed by atoms with Gasteiger partial charge in [-0.25, -0.2) is 9.98 Å². The second kappa shape index (κ2) is 10.4. The number of imidazole rings is 1. The van der Waals surface area contributed by atoms with Gasteiger partial charge in [0.2, 0.25) is 5.91 Å². The van der Waals surface area contributed by atoms with Crippen molar-refractivity contribution in [2.45, 2.75) is 32.9 Å². The fourth-order valence-corrected chi connectivity index (χ4v) is 3.46. The van der Waals surface area contributed by atoms with Crippen molar-refractivity contribution < 1.29 is 4.79 Å². The Morgan fingerprint density at radius 1 is 1.36 bits per heavy atom. The molecule has 3 rings (SSSR count). The number of amides is 1. The highest BCUT2D eigenvalue weighted by atomic mass is 127. The van der Waals surface area contributed by atoms with E-state index in [0.29, 0.717) is 24.1 Å². The van der Waals surface area contributed by atoms with Crippen molar-refractivity contribution >= 4 is 35.8 Å². The first kappa shape index (κ1) is 22.2. The molecule has 2 heterocycles. The number of nitrogens with zero attached hydrogens (tertiary/aromatic N) is 4. The predicted molar refractivity (Wildman–Crippen MR) is 122 cm³/mol. The van der Waals surface area contributed by atoms with Gasteiger partial charge in [0.05, 0.1) is 18.9 Å². The fraction of sp³-hybridized carbons (Fsp3) is 0.450. The highest BCUT2D eigenvalue weighted by Crippen LogP contribution is 2.27. The number of likely N-dealkylation sites (tertiary alicyclic amines) is 1. The van der Waals surface area contributed by atoms with Gasteiger partial charge in [-0.3, -0.25) is 4.79 Å². The highest BCUT2D eigenvalue weighted by molar-refractivity contribution is 14.0. The largest absolute Gasteiger partial charge is 0.366 e. The lowest BCUT2D eigenvalue weighted by molar-refractivity contribution is 0.100. The Balaban J connectivity index is 0.00000280. The van der Waals surface area contributed by atoms with E-state index in [2.05, 4.69) is 33.6 Å². The first-order valence-corrected chi connectivity index (χ1v) is 9.48. The molecular formula is C20H29IN6O. The van der Waals surface area contributed by atoms with Crippen molar-refractivity contribution in [2.75, 3.05) is 19.6 Å². The maximum absolute atomic E-state index is 11.2. The number of benzene rings is 1. The number of aliphatic imine (C=N–C) groups is 1. The minimum absolute atomic E-state index is 0. The van der Waals surface area contributed by atoms with Gasteiger partial charge in [0.1, 0.15) is 0 Å². The molecule has 0 aliphatic carbocycles. The second-order valence-electron chi connectivity index (χ2n) is 7.02. The number of primary amides is 1. The molecule has 0 spiro atoms. The van der Waals surface area contributed by atoms with Gasteiger partial charge in [-0.05, 0) is 37.0 Å². The number of aromatic nitrogens is 2. The molecule has 28 heavy (non-hydrogen) atoms. The number of carbonyl (C=O) groups is 1. The molecule has 1 aliphatic heterocycles. The zero-order valence-corrected chi connectivity index (χ0v) is 18.7. The summed E-state index contributed by atoms with van der Waals surface area (Å²) in [6, 6.07) is 7.69. The average molecular weight is 496 g/mol. The van der Waals surface area contributed by atoms with Crippen molar-refractivity contribution in [3.05, 3.63) is 54.1 Å². The molecule has 0 radical (unpaired) electrons. The summed E-state index contributed by atoms with van der Waals surface area (Å²) in [6.07, 6.45) is 6.88. The molecule has 1 amide bonds. The van der Waals surface area contributed by atoms with Crippen molar-refractivity contribution in [3.8, 4) is 0 Å². The first-order chi connectivity index (χ1) is 13.1. The van der Waals surface area contributed by atoms with Gasteiger partial charge < -0.3 is 20.5 Å². The number of nitrogens with two attached hydrogens (primary N) is 1. The van der Waals surface area contributed by atoms with Gasteiger partial charge in [0.25, 0.3) is 0 Å². The molecule has 3 N–H and O–H groups in total. The number of hydrogen-bond acceptors (Lipinski definition) is 3. The summed E-state index contributed by atoms with van der Waals surface area (Å²) < 4.78 is 2.20. The Hall–Kier alpha value is -2.10. The zero-order chi connectivity index (χ0) is 19.2. The maximum Gasteiger partial charge on any atom is 0.248 e. The Morgan fingerprint density at radius 2 is 2.11 bits per heavy atom. The van der Waals surface area contributed by atoms with Crippen molar-refractivity contribution in [1.82, 2.24) is 19.8 Å². The summed E-state index contributed by atoms with van der Waals surface area (Å²) in [6.45, 7) is 7.65. The lowest BCUT2D eigenvalue weighted by Crippen LogP contribution is -2.49. The summed E-state index contributed by atoms with van der Waals surface area (Å²) in [7, 11) is 0. The summed E-state index contributed by atoms with van der Waals surface area (Å²) >= 11 is 0. The van der Waals surface area contributed by atoms with E-state index in [4.69, 9.17) is 10.7 Å². The highest BCUT2D eigenvalue weighted by Gasteiger charge is 2.28. The molecule has 1 aromatic carbocycles. The van der Waals surface area contributed by atoms with E-state index in [0.717, 1.165) is 37.6 Å². The monoisotopic (exact) mass is 496 g/mol. The van der Waals surface area contributed by atoms with Crippen LogP contribution in [0.5, 0.6) is 0 Å². The number of carbonyl (C=O) groups excluding carboxylic acids is 1. The van der Waals surface area contributed by atoms with Crippen LogP contribution in [0.4, 0.5) is 0 Å². The molecule has 2 atom stereocenters. The van der Waals surface area contributed by atoms with Crippen molar-refractivity contribution in [1.29, 1.82) is 0 Å². The molecule has 8 heteroatoms. The van der Waals surface area contributed by atoms with Crippen LogP contribution >= 0.6 is 24.0 Å². The van der Waals surface area contributed by atoms with Crippen LogP contribution in [0, 0.1) is 5.92 Å². The van der Waals surface area contributed by atoms with Crippen LogP contribution in [0.2, 0.25) is 0 Å². The quantitative estimate of drug-likeness (QED) is 0.379. The number of rotatable bonds is 5. The minimum atomic E-state index is -0.411. The third-order valence-electron chi connectivity index (χ3n) is 5.11. The van der Waals surface area contributed by atoms with Gasteiger partial charge in [0.15, 0.2) is 5.96 Å². The van der Waals surface area contributed by atoms with E-state index >= 15 is 0 Å². The second-order valence-corrected chi connectivity index (χ2v) is 7.02. The van der Waals surface area contributed by atoms with Gasteiger partial charge in [-0.2, -0.15) is 0 Å². The normalized spacial score (nSPS) is 19.8. The van der Waals surface area contributed by atoms with Crippen molar-refractivity contribution in [2.24, 2.45) is 16.6 Å². The number of hydrogen-bond donors (Lipinski definition) is 2. The van der Waals surface area contributed by atoms with E-state index in [9.17, 15) is 4.79 Å². The van der Waals surface area contributed by atoms with E-state index in [1.807, 2.05) is 30.9 Å². The Morgan fingerprint density at radius 3 is 2.71 bits per heavy atom. The molecule has 152 valence electrons. The number of halogens is 1. The number of guanidine groups is 1. The van der Waals surface area contributed by atoms with Gasteiger partial charge in [-0.15, -0.1) is 24.0 Å². The lowest BCUT2D eigenvalue weighted by atomic mass is 9.93. The van der Waals surface area contributed by atoms with Crippen LogP contribution < -0.4 is 11.1 Å². The molecule has 1 saturated heterocycles. The summed E-state index contributed by atoms with van der Waals surface area (Å²) in [5.74, 6) is 1.11. The third-order valence-corrected chi connectivity index (χ3v) is 5.11. The zero-order valence-electron chi connectivity index (χ0n) is 16.4. The minimum Gasteiger partial charge on any atom is -0.366 e. The summed E-state index contributed by atoms with van der Waals surface area (Å²) in [4.78, 5) is 22.5. The number of piperidine rings is 1. The fourth-order valence-electron chi connectivity index (χ4n) is 3.46. The smallest absolute Gasteiger partial charge is 0.248 e. The molecular weight excluding hydrogens is 467 g/mol. The maximum atomic E-state index is 11.2. The third kappa shape index (κ3) is 5.46. The molecule has 0 bridgehead atoms. The SMILES string of the molecule is CCNC(=NCc1ccc(C(N)=O)cc1)N1CCC(C)C(n2ccnc2)C1.I. The lowest BCUT2D eigenvalue weighted by Gasteiger charge is -2.39. The van der Waals surface area contributed by atoms with Gasteiger partial charge in [-0.1, -0.05) is 19.1 Å². The number of nitrogens with one attached hydrogen (secondary N) is 1. The molecule has 1 aliphatic rings. The van der Waals surface area contributed by atoms with E-state index in [1.165, 1.54) is 0 Å². The van der Waals surface area contributed by atoms with Crippen LogP contribution in [0.1, 0.15) is 42.2 Å². The van der Waals surface area contributed by atoms with Crippen LogP contribution in [0.25, 0.3) is 0 Å². The molecule has 7 nitrogen and oxygen atoms in total. The standard InChI is InChI=1S/C20H28N6O.HI/c1-3-23-20(24-12-16-4-6-17(7-5-16)19(21)27)25-10-8-15(2)18(13-25)26-11-9-22-14-26;/h4-7,9,11,14-15,18H,3,8,10,12-13H2,1-2H3,(H2,21,27)(H,23,24);1H. The van der Waals surface area contributed by atoms with Gasteiger partial charge in [0, 0.05) is 37.6 Å². The van der Waals surface area contributed by atoms with Crippen LogP contribution in [0.3, 0.4) is 0 Å². The molecule has 1 aromatic heterocycles. The van der Waals surface area contributed by atoms with E-state index < -0.39 is 5.91 Å². The summed E-state index contributed by atoms with van der Waals surface area (Å²) in [5, 5.41) is 3.41. The van der Waals surface area contributed by atoms with E-state index in [-0.39, 0.29) is 24.0 Å². The Bertz CT molecular complexity index is 775. The topological polar surface area (TPSA) is 88.5 Å². The summed E-state index contributed by atoms with van der Waals surface area (Å²) in [5.41, 5.74) is 6.86. The Kier molecular flexibility index (Phi) is 8.28. The molecule has 0 saturated carbocycles. The van der Waals surface area contributed by atoms with Crippen LogP contribution in [0.15, 0.2) is 48.0 Å². The molecule has 2 unspecified atom stereocenters. The molecule has 2 aromatic rings. The first-order valence-electron chi connectivity index (χ1n) is 9.48. The van der Waals surface area contributed by atoms with Gasteiger partial charge >= 0.3 is 0 Å². The van der Waals surface area contributed by atoms with E-state index in [1.54, 1.807) is 12.1 Å². The van der Waals surface area contributed by atoms with Crippen LogP contribution in [-0.4, -0.2) is 46.0 Å². The van der Waals surface area contributed by atoms with Crippen LogP contribution in [-0.2, 0) is 6.54 Å². The van der Waals surface area contributed by atoms with Crippen molar-refractivity contribution in [3.63, 3.8) is 0 Å². The Labute approximate surface area is 183 Å².